The van der Waals surface area contributed by atoms with Gasteiger partial charge in [-0.3, -0.25) is 0 Å². The van der Waals surface area contributed by atoms with Crippen LogP contribution in [0.3, 0.4) is 0 Å². The van der Waals surface area contributed by atoms with Crippen molar-refractivity contribution >= 4 is 0 Å². The van der Waals surface area contributed by atoms with Gasteiger partial charge in [0.2, 0.25) is 0 Å². The summed E-state index contributed by atoms with van der Waals surface area (Å²) in [5, 5.41) is 0. The molecule has 110 valence electrons. The molecule has 19 heavy (non-hydrogen) atoms. The third-order valence-electron chi connectivity index (χ3n) is 4.19. The first-order chi connectivity index (χ1) is 8.75. The molecule has 0 heterocycles. The average Bonchev–Trinajstić information content (AvgIpc) is 2.65. The van der Waals surface area contributed by atoms with Gasteiger partial charge in [-0.2, -0.15) is 0 Å². The molecular weight excluding hydrogens is 230 g/mol. The molecule has 1 aliphatic rings. The van der Waals surface area contributed by atoms with E-state index in [1.807, 2.05) is 0 Å². The van der Waals surface area contributed by atoms with Crippen molar-refractivity contribution in [3.8, 4) is 0 Å². The summed E-state index contributed by atoms with van der Waals surface area (Å²) in [7, 11) is 4.34. The molecule has 0 N–H and O–H groups in total. The molecule has 1 nitrogen and oxygen atoms in total. The predicted molar refractivity (Wildman–Crippen MR) is 86.3 cm³/mol. The zero-order valence-corrected chi connectivity index (χ0v) is 14.2. The van der Waals surface area contributed by atoms with Crippen molar-refractivity contribution in [2.24, 2.45) is 23.7 Å². The lowest BCUT2D eigenvalue weighted by Crippen LogP contribution is -2.16. The molecule has 0 aromatic heterocycles. The molecule has 0 aliphatic heterocycles. The first kappa shape index (κ1) is 16.5. The number of hydrogen-bond donors (Lipinski definition) is 0. The molecule has 0 aromatic carbocycles. The Morgan fingerprint density at radius 2 is 1.58 bits per heavy atom. The highest BCUT2D eigenvalue weighted by Crippen LogP contribution is 2.43. The lowest BCUT2D eigenvalue weighted by Gasteiger charge is -2.23. The Labute approximate surface area is 120 Å². The molecule has 1 unspecified atom stereocenters. The van der Waals surface area contributed by atoms with Crippen LogP contribution in [-0.4, -0.2) is 25.5 Å². The number of rotatable bonds is 6. The fraction of sp³-hybridized carbons (Fsp3) is 0.778. The van der Waals surface area contributed by atoms with Gasteiger partial charge in [-0.05, 0) is 49.4 Å². The van der Waals surface area contributed by atoms with Crippen LogP contribution in [0.15, 0.2) is 22.8 Å². The van der Waals surface area contributed by atoms with Crippen LogP contribution in [0.1, 0.15) is 48.0 Å². The molecule has 0 saturated carbocycles. The number of allylic oxidation sites excluding steroid dienone is 3. The lowest BCUT2D eigenvalue weighted by molar-refractivity contribution is 0.410. The molecule has 0 saturated heterocycles. The Hall–Kier alpha value is -0.560. The highest BCUT2D eigenvalue weighted by Gasteiger charge is 2.30. The molecule has 0 spiro atoms. The van der Waals surface area contributed by atoms with Gasteiger partial charge >= 0.3 is 0 Å². The van der Waals surface area contributed by atoms with Crippen LogP contribution < -0.4 is 0 Å². The molecule has 0 amide bonds. The molecule has 0 radical (unpaired) electrons. The van der Waals surface area contributed by atoms with E-state index in [-0.39, 0.29) is 0 Å². The van der Waals surface area contributed by atoms with E-state index < -0.39 is 0 Å². The fourth-order valence-corrected chi connectivity index (χ4v) is 3.20. The van der Waals surface area contributed by atoms with Crippen LogP contribution in [0.2, 0.25) is 0 Å². The summed E-state index contributed by atoms with van der Waals surface area (Å²) in [5.41, 5.74) is 4.99. The van der Waals surface area contributed by atoms with E-state index in [4.69, 9.17) is 0 Å². The Morgan fingerprint density at radius 3 is 1.95 bits per heavy atom. The first-order valence-corrected chi connectivity index (χ1v) is 7.85. The van der Waals surface area contributed by atoms with E-state index in [1.165, 1.54) is 6.42 Å². The summed E-state index contributed by atoms with van der Waals surface area (Å²) < 4.78 is 0. The summed E-state index contributed by atoms with van der Waals surface area (Å²) >= 11 is 0. The van der Waals surface area contributed by atoms with Gasteiger partial charge in [0, 0.05) is 12.5 Å². The van der Waals surface area contributed by atoms with Gasteiger partial charge in [-0.1, -0.05) is 53.2 Å². The van der Waals surface area contributed by atoms with Crippen LogP contribution in [0.25, 0.3) is 0 Å². The first-order valence-electron chi connectivity index (χ1n) is 7.85. The molecule has 1 aliphatic carbocycles. The van der Waals surface area contributed by atoms with Crippen LogP contribution >= 0.6 is 0 Å². The SMILES string of the molecule is CC(C)C1=CC(C(C)C)C(C(C)C)=C1CCN(C)C. The summed E-state index contributed by atoms with van der Waals surface area (Å²) in [6.45, 7) is 15.3. The zero-order chi connectivity index (χ0) is 14.7. The molecule has 0 aromatic rings. The molecule has 1 rings (SSSR count). The van der Waals surface area contributed by atoms with Crippen molar-refractivity contribution in [2.75, 3.05) is 20.6 Å². The Kier molecular flexibility index (Phi) is 5.85. The Bertz CT molecular complexity index is 356. The van der Waals surface area contributed by atoms with Crippen LogP contribution in [0.5, 0.6) is 0 Å². The van der Waals surface area contributed by atoms with Gasteiger partial charge in [0.05, 0.1) is 0 Å². The van der Waals surface area contributed by atoms with Crippen molar-refractivity contribution in [3.05, 3.63) is 22.8 Å². The maximum atomic E-state index is 2.57. The summed E-state index contributed by atoms with van der Waals surface area (Å²) in [6.07, 6.45) is 3.77. The summed E-state index contributed by atoms with van der Waals surface area (Å²) in [6, 6.07) is 0. The third-order valence-corrected chi connectivity index (χ3v) is 4.19. The second-order valence-electron chi connectivity index (χ2n) is 7.19. The maximum Gasteiger partial charge on any atom is 0.00158 e. The largest absolute Gasteiger partial charge is 0.309 e. The van der Waals surface area contributed by atoms with E-state index in [9.17, 15) is 0 Å². The quantitative estimate of drug-likeness (QED) is 0.668. The van der Waals surface area contributed by atoms with E-state index in [0.29, 0.717) is 23.7 Å². The van der Waals surface area contributed by atoms with Crippen molar-refractivity contribution < 1.29 is 0 Å². The minimum absolute atomic E-state index is 0.648. The molecule has 1 atom stereocenters. The van der Waals surface area contributed by atoms with Crippen molar-refractivity contribution in [2.45, 2.75) is 48.0 Å². The van der Waals surface area contributed by atoms with Crippen molar-refractivity contribution in [3.63, 3.8) is 0 Å². The topological polar surface area (TPSA) is 3.24 Å². The minimum atomic E-state index is 0.648. The normalized spacial score (nSPS) is 20.4. The molecule has 0 fully saturated rings. The molecule has 0 bridgehead atoms. The minimum Gasteiger partial charge on any atom is -0.309 e. The fourth-order valence-electron chi connectivity index (χ4n) is 3.20. The van der Waals surface area contributed by atoms with Crippen molar-refractivity contribution in [1.29, 1.82) is 0 Å². The lowest BCUT2D eigenvalue weighted by atomic mass is 9.83. The maximum absolute atomic E-state index is 2.57. The standard InChI is InChI=1S/C18H33N/c1-12(2)16-11-17(13(3)4)18(14(5)6)15(16)9-10-19(7)8/h11-14,17H,9-10H2,1-8H3. The zero-order valence-electron chi connectivity index (χ0n) is 14.2. The second-order valence-corrected chi connectivity index (χ2v) is 7.19. The average molecular weight is 263 g/mol. The van der Waals surface area contributed by atoms with E-state index in [1.54, 1.807) is 16.7 Å². The van der Waals surface area contributed by atoms with Gasteiger partial charge in [-0.25, -0.2) is 0 Å². The van der Waals surface area contributed by atoms with Crippen LogP contribution in [0.4, 0.5) is 0 Å². The van der Waals surface area contributed by atoms with E-state index >= 15 is 0 Å². The predicted octanol–water partition coefficient (Wildman–Crippen LogP) is 4.76. The summed E-state index contributed by atoms with van der Waals surface area (Å²) in [4.78, 5) is 2.30. The molecular formula is C18H33N. The van der Waals surface area contributed by atoms with Gasteiger partial charge < -0.3 is 4.90 Å². The summed E-state index contributed by atoms with van der Waals surface area (Å²) in [5.74, 6) is 2.68. The second kappa shape index (κ2) is 6.74. The number of hydrogen-bond acceptors (Lipinski definition) is 1. The smallest absolute Gasteiger partial charge is 0.00158 e. The molecule has 1 heteroatoms. The third kappa shape index (κ3) is 3.95. The van der Waals surface area contributed by atoms with E-state index in [2.05, 4.69) is 66.6 Å². The van der Waals surface area contributed by atoms with Crippen LogP contribution in [-0.2, 0) is 0 Å². The Balaban J connectivity index is 3.13. The highest BCUT2D eigenvalue weighted by molar-refractivity contribution is 5.47. The van der Waals surface area contributed by atoms with Crippen molar-refractivity contribution in [1.82, 2.24) is 4.90 Å². The van der Waals surface area contributed by atoms with Gasteiger partial charge in [0.25, 0.3) is 0 Å². The van der Waals surface area contributed by atoms with Gasteiger partial charge in [0.15, 0.2) is 0 Å². The van der Waals surface area contributed by atoms with E-state index in [0.717, 1.165) is 6.54 Å². The number of nitrogens with zero attached hydrogens (tertiary/aromatic N) is 1. The monoisotopic (exact) mass is 263 g/mol. The van der Waals surface area contributed by atoms with Crippen LogP contribution in [0, 0.1) is 23.7 Å². The highest BCUT2D eigenvalue weighted by atomic mass is 15.0. The van der Waals surface area contributed by atoms with Gasteiger partial charge in [-0.15, -0.1) is 0 Å². The Morgan fingerprint density at radius 1 is 1.00 bits per heavy atom. The van der Waals surface area contributed by atoms with Gasteiger partial charge in [0.1, 0.15) is 0 Å².